The lowest BCUT2D eigenvalue weighted by Gasteiger charge is -2.44. The molecule has 1 aliphatic rings. The summed E-state index contributed by atoms with van der Waals surface area (Å²) >= 11 is 0. The van der Waals surface area contributed by atoms with Gasteiger partial charge in [0.2, 0.25) is 0 Å². The Morgan fingerprint density at radius 1 is 0.906 bits per heavy atom. The lowest BCUT2D eigenvalue weighted by atomic mass is 9.82. The van der Waals surface area contributed by atoms with E-state index in [9.17, 15) is 0 Å². The van der Waals surface area contributed by atoms with Gasteiger partial charge in [0.15, 0.2) is 11.5 Å². The van der Waals surface area contributed by atoms with Crippen LogP contribution in [0.15, 0.2) is 60.7 Å². The van der Waals surface area contributed by atoms with Gasteiger partial charge < -0.3 is 14.4 Å². The highest BCUT2D eigenvalue weighted by Gasteiger charge is 2.36. The molecule has 3 aromatic carbocycles. The predicted molar refractivity (Wildman–Crippen MR) is 129 cm³/mol. The molecule has 0 saturated carbocycles. The number of rotatable bonds is 4. The van der Waals surface area contributed by atoms with Gasteiger partial charge in [-0.15, -0.1) is 0 Å². The average Bonchev–Trinajstić information content (AvgIpc) is 2.77. The maximum atomic E-state index is 15.0. The Kier molecular flexibility index (Phi) is 5.89. The SMILES string of the molecule is COc1cc2c(cc1OC)C(c1ccc(C(C)(C)C)cc1)N(c1ccccc1F)C(C)C2. The number of halogens is 1. The first-order valence-electron chi connectivity index (χ1n) is 11.1. The van der Waals surface area contributed by atoms with Crippen molar-refractivity contribution in [3.63, 3.8) is 0 Å². The molecule has 4 heteroatoms. The van der Waals surface area contributed by atoms with Crippen LogP contribution in [-0.2, 0) is 11.8 Å². The average molecular weight is 434 g/mol. The fraction of sp³-hybridized carbons (Fsp3) is 0.357. The first-order chi connectivity index (χ1) is 15.2. The van der Waals surface area contributed by atoms with E-state index in [1.807, 2.05) is 12.1 Å². The van der Waals surface area contributed by atoms with Crippen LogP contribution < -0.4 is 14.4 Å². The summed E-state index contributed by atoms with van der Waals surface area (Å²) in [6.45, 7) is 8.79. The number of hydrogen-bond acceptors (Lipinski definition) is 3. The van der Waals surface area contributed by atoms with Gasteiger partial charge in [-0.25, -0.2) is 4.39 Å². The molecule has 0 bridgehead atoms. The fourth-order valence-electron chi connectivity index (χ4n) is 4.73. The van der Waals surface area contributed by atoms with Crippen molar-refractivity contribution in [1.29, 1.82) is 0 Å². The van der Waals surface area contributed by atoms with Crippen molar-refractivity contribution < 1.29 is 13.9 Å². The third kappa shape index (κ3) is 3.94. The van der Waals surface area contributed by atoms with Crippen molar-refractivity contribution in [2.75, 3.05) is 19.1 Å². The number of benzene rings is 3. The molecule has 0 saturated heterocycles. The normalized spacial score (nSPS) is 18.3. The minimum Gasteiger partial charge on any atom is -0.493 e. The Balaban J connectivity index is 1.93. The quantitative estimate of drug-likeness (QED) is 0.458. The van der Waals surface area contributed by atoms with Crippen LogP contribution in [-0.4, -0.2) is 20.3 Å². The fourth-order valence-corrected chi connectivity index (χ4v) is 4.73. The highest BCUT2D eigenvalue weighted by atomic mass is 19.1. The maximum Gasteiger partial charge on any atom is 0.161 e. The summed E-state index contributed by atoms with van der Waals surface area (Å²) in [5.74, 6) is 1.20. The minimum absolute atomic E-state index is 0.0676. The molecule has 1 aliphatic heterocycles. The van der Waals surface area contributed by atoms with Gasteiger partial charge in [-0.2, -0.15) is 0 Å². The Labute approximate surface area is 190 Å². The molecule has 0 amide bonds. The molecule has 4 rings (SSSR count). The summed E-state index contributed by atoms with van der Waals surface area (Å²) < 4.78 is 26.2. The number of fused-ring (bicyclic) bond motifs is 1. The van der Waals surface area contributed by atoms with Gasteiger partial charge in [0.05, 0.1) is 25.9 Å². The van der Waals surface area contributed by atoms with Crippen molar-refractivity contribution in [2.45, 2.75) is 51.6 Å². The molecule has 0 radical (unpaired) electrons. The third-order valence-electron chi connectivity index (χ3n) is 6.43. The Morgan fingerprint density at radius 3 is 2.12 bits per heavy atom. The van der Waals surface area contributed by atoms with E-state index < -0.39 is 0 Å². The standard InChI is InChI=1S/C28H32FNO2/c1-18-15-20-16-25(31-5)26(32-6)17-22(20)27(30(18)24-10-8-7-9-23(24)29)19-11-13-21(14-12-19)28(2,3)4/h7-14,16-18,27H,15H2,1-6H3. The van der Waals surface area contributed by atoms with E-state index in [1.165, 1.54) is 17.2 Å². The molecule has 3 aromatic rings. The molecule has 0 N–H and O–H groups in total. The number of para-hydroxylation sites is 1. The van der Waals surface area contributed by atoms with E-state index in [0.717, 1.165) is 23.3 Å². The van der Waals surface area contributed by atoms with Gasteiger partial charge in [-0.05, 0) is 65.3 Å². The van der Waals surface area contributed by atoms with Crippen LogP contribution in [0.4, 0.5) is 10.1 Å². The van der Waals surface area contributed by atoms with Crippen LogP contribution in [0.3, 0.4) is 0 Å². The highest BCUT2D eigenvalue weighted by Crippen LogP contribution is 2.45. The Hall–Kier alpha value is -3.01. The summed E-state index contributed by atoms with van der Waals surface area (Å²) in [6, 6.07) is 19.9. The maximum absolute atomic E-state index is 15.0. The lowest BCUT2D eigenvalue weighted by molar-refractivity contribution is 0.352. The van der Waals surface area contributed by atoms with E-state index in [1.54, 1.807) is 20.3 Å². The first-order valence-corrected chi connectivity index (χ1v) is 11.1. The molecule has 3 nitrogen and oxygen atoms in total. The molecule has 0 spiro atoms. The Morgan fingerprint density at radius 2 is 1.53 bits per heavy atom. The third-order valence-corrected chi connectivity index (χ3v) is 6.43. The lowest BCUT2D eigenvalue weighted by Crippen LogP contribution is -2.43. The summed E-state index contributed by atoms with van der Waals surface area (Å²) in [4.78, 5) is 2.20. The van der Waals surface area contributed by atoms with Crippen LogP contribution in [0, 0.1) is 5.82 Å². The molecule has 2 unspecified atom stereocenters. The summed E-state index contributed by atoms with van der Waals surface area (Å²) in [5.41, 5.74) is 5.40. The Bertz CT molecular complexity index is 1100. The van der Waals surface area contributed by atoms with Crippen LogP contribution in [0.2, 0.25) is 0 Å². The van der Waals surface area contributed by atoms with Gasteiger partial charge in [0.1, 0.15) is 5.82 Å². The van der Waals surface area contributed by atoms with Crippen molar-refractivity contribution in [3.05, 3.63) is 88.7 Å². The molecule has 168 valence electrons. The monoisotopic (exact) mass is 433 g/mol. The van der Waals surface area contributed by atoms with Gasteiger partial charge in [0.25, 0.3) is 0 Å². The number of methoxy groups -OCH3 is 2. The molecule has 2 atom stereocenters. The van der Waals surface area contributed by atoms with Crippen molar-refractivity contribution in [2.24, 2.45) is 0 Å². The van der Waals surface area contributed by atoms with Crippen LogP contribution in [0.5, 0.6) is 11.5 Å². The van der Waals surface area contributed by atoms with Crippen LogP contribution >= 0.6 is 0 Å². The van der Waals surface area contributed by atoms with Crippen LogP contribution in [0.25, 0.3) is 0 Å². The second kappa shape index (κ2) is 8.50. The zero-order valence-electron chi connectivity index (χ0n) is 19.8. The number of nitrogens with zero attached hydrogens (tertiary/aromatic N) is 1. The summed E-state index contributed by atoms with van der Waals surface area (Å²) in [6.07, 6.45) is 0.792. The highest BCUT2D eigenvalue weighted by molar-refractivity contribution is 5.61. The van der Waals surface area contributed by atoms with Crippen molar-refractivity contribution in [3.8, 4) is 11.5 Å². The second-order valence-electron chi connectivity index (χ2n) is 9.59. The first kappa shape index (κ1) is 22.2. The molecule has 32 heavy (non-hydrogen) atoms. The van der Waals surface area contributed by atoms with Crippen LogP contribution in [0.1, 0.15) is 56.0 Å². The van der Waals surface area contributed by atoms with Gasteiger partial charge in [0, 0.05) is 6.04 Å². The van der Waals surface area contributed by atoms with E-state index in [0.29, 0.717) is 11.4 Å². The van der Waals surface area contributed by atoms with Gasteiger partial charge in [-0.3, -0.25) is 0 Å². The largest absolute Gasteiger partial charge is 0.493 e. The van der Waals surface area contributed by atoms with E-state index in [-0.39, 0.29) is 23.3 Å². The molecule has 0 fully saturated rings. The molecular weight excluding hydrogens is 401 g/mol. The van der Waals surface area contributed by atoms with Crippen molar-refractivity contribution in [1.82, 2.24) is 0 Å². The molecule has 0 aromatic heterocycles. The molecule has 0 aliphatic carbocycles. The second-order valence-corrected chi connectivity index (χ2v) is 9.59. The van der Waals surface area contributed by atoms with Gasteiger partial charge in [-0.1, -0.05) is 57.2 Å². The predicted octanol–water partition coefficient (Wildman–Crippen LogP) is 6.68. The minimum atomic E-state index is -0.209. The van der Waals surface area contributed by atoms with E-state index >= 15 is 4.39 Å². The smallest absolute Gasteiger partial charge is 0.161 e. The molecular formula is C28H32FNO2. The number of hydrogen-bond donors (Lipinski definition) is 0. The topological polar surface area (TPSA) is 21.7 Å². The number of anilines is 1. The zero-order valence-corrected chi connectivity index (χ0v) is 19.8. The number of ether oxygens (including phenoxy) is 2. The van der Waals surface area contributed by atoms with E-state index in [4.69, 9.17) is 9.47 Å². The zero-order chi connectivity index (χ0) is 23.0. The summed E-state index contributed by atoms with van der Waals surface area (Å²) in [5, 5.41) is 0. The van der Waals surface area contributed by atoms with E-state index in [2.05, 4.69) is 69.0 Å². The summed E-state index contributed by atoms with van der Waals surface area (Å²) in [7, 11) is 3.31. The molecule has 1 heterocycles. The van der Waals surface area contributed by atoms with Gasteiger partial charge >= 0.3 is 0 Å². The van der Waals surface area contributed by atoms with Crippen molar-refractivity contribution >= 4 is 5.69 Å².